The standard InChI is InChI=1S/C22H29FN4O.HI/c1-17-7-8-18(13-21(17)23)14-25-22(24-2)26-15-19-5-3-4-6-20(19)16-27-9-11-28-12-10-27;/h3-8,13H,9-12,14-16H2,1-2H3,(H2,24,25,26);1H. The van der Waals surface area contributed by atoms with Gasteiger partial charge in [0.25, 0.3) is 0 Å². The van der Waals surface area contributed by atoms with Crippen LogP contribution in [0.15, 0.2) is 47.5 Å². The molecule has 0 bridgehead atoms. The minimum Gasteiger partial charge on any atom is -0.379 e. The highest BCUT2D eigenvalue weighted by molar-refractivity contribution is 14.0. The van der Waals surface area contributed by atoms with Crippen LogP contribution in [0, 0.1) is 12.7 Å². The Balaban J connectivity index is 0.00000300. The summed E-state index contributed by atoms with van der Waals surface area (Å²) in [6.07, 6.45) is 0. The number of ether oxygens (including phenoxy) is 1. The summed E-state index contributed by atoms with van der Waals surface area (Å²) < 4.78 is 19.1. The molecule has 0 saturated carbocycles. The van der Waals surface area contributed by atoms with Crippen LogP contribution in [0.1, 0.15) is 22.3 Å². The highest BCUT2D eigenvalue weighted by atomic mass is 127. The number of hydrogen-bond acceptors (Lipinski definition) is 3. The molecule has 5 nitrogen and oxygen atoms in total. The van der Waals surface area contributed by atoms with Crippen LogP contribution in [-0.4, -0.2) is 44.2 Å². The summed E-state index contributed by atoms with van der Waals surface area (Å²) in [5.74, 6) is 0.515. The molecule has 3 rings (SSSR count). The topological polar surface area (TPSA) is 48.9 Å². The van der Waals surface area contributed by atoms with Crippen molar-refractivity contribution in [3.05, 3.63) is 70.5 Å². The Labute approximate surface area is 189 Å². The van der Waals surface area contributed by atoms with E-state index in [-0.39, 0.29) is 29.8 Å². The number of benzene rings is 2. The van der Waals surface area contributed by atoms with E-state index in [0.29, 0.717) is 24.6 Å². The maximum atomic E-state index is 13.7. The molecule has 0 atom stereocenters. The molecule has 2 aromatic rings. The summed E-state index contributed by atoms with van der Waals surface area (Å²) in [5, 5.41) is 6.61. The lowest BCUT2D eigenvalue weighted by Gasteiger charge is -2.27. The zero-order valence-electron chi connectivity index (χ0n) is 17.1. The van der Waals surface area contributed by atoms with Gasteiger partial charge in [-0.2, -0.15) is 0 Å². The minimum atomic E-state index is -0.181. The van der Waals surface area contributed by atoms with Crippen LogP contribution in [-0.2, 0) is 24.4 Å². The van der Waals surface area contributed by atoms with Crippen LogP contribution < -0.4 is 10.6 Å². The Morgan fingerprint density at radius 2 is 1.76 bits per heavy atom. The fourth-order valence-electron chi connectivity index (χ4n) is 3.22. The highest BCUT2D eigenvalue weighted by Crippen LogP contribution is 2.13. The molecule has 7 heteroatoms. The van der Waals surface area contributed by atoms with Crippen molar-refractivity contribution in [2.45, 2.75) is 26.6 Å². The van der Waals surface area contributed by atoms with Crippen LogP contribution >= 0.6 is 24.0 Å². The molecule has 0 radical (unpaired) electrons. The third-order valence-electron chi connectivity index (χ3n) is 4.98. The summed E-state index contributed by atoms with van der Waals surface area (Å²) in [7, 11) is 1.74. The van der Waals surface area contributed by atoms with Crippen molar-refractivity contribution in [1.29, 1.82) is 0 Å². The maximum absolute atomic E-state index is 13.7. The number of aryl methyl sites for hydroxylation is 1. The van der Waals surface area contributed by atoms with E-state index in [1.165, 1.54) is 11.1 Å². The van der Waals surface area contributed by atoms with Gasteiger partial charge in [0.2, 0.25) is 0 Å². The molecule has 1 aliphatic rings. The number of morpholine rings is 1. The van der Waals surface area contributed by atoms with Gasteiger partial charge in [0.1, 0.15) is 5.82 Å². The lowest BCUT2D eigenvalue weighted by molar-refractivity contribution is 0.0341. The second-order valence-electron chi connectivity index (χ2n) is 7.02. The van der Waals surface area contributed by atoms with Gasteiger partial charge >= 0.3 is 0 Å². The van der Waals surface area contributed by atoms with Crippen LogP contribution in [0.5, 0.6) is 0 Å². The number of rotatable bonds is 6. The lowest BCUT2D eigenvalue weighted by Crippen LogP contribution is -2.37. The van der Waals surface area contributed by atoms with Gasteiger partial charge < -0.3 is 15.4 Å². The zero-order valence-corrected chi connectivity index (χ0v) is 19.4. The number of nitrogens with one attached hydrogen (secondary N) is 2. The average molecular weight is 512 g/mol. The van der Waals surface area contributed by atoms with Crippen molar-refractivity contribution in [2.75, 3.05) is 33.4 Å². The summed E-state index contributed by atoms with van der Waals surface area (Å²) in [6.45, 7) is 7.44. The fraction of sp³-hybridized carbons (Fsp3) is 0.409. The van der Waals surface area contributed by atoms with Crippen molar-refractivity contribution in [2.24, 2.45) is 4.99 Å². The number of aliphatic imine (C=N–C) groups is 1. The molecular formula is C22H30FIN4O. The van der Waals surface area contributed by atoms with E-state index in [0.717, 1.165) is 38.4 Å². The van der Waals surface area contributed by atoms with Gasteiger partial charge in [0, 0.05) is 39.8 Å². The Kier molecular flexibility index (Phi) is 9.83. The van der Waals surface area contributed by atoms with Gasteiger partial charge in [-0.1, -0.05) is 36.4 Å². The Bertz CT molecular complexity index is 809. The van der Waals surface area contributed by atoms with E-state index in [9.17, 15) is 4.39 Å². The Hall–Kier alpha value is -1.71. The van der Waals surface area contributed by atoms with E-state index in [1.807, 2.05) is 6.07 Å². The van der Waals surface area contributed by atoms with Crippen LogP contribution in [0.3, 0.4) is 0 Å². The predicted octanol–water partition coefficient (Wildman–Crippen LogP) is 3.45. The number of halogens is 2. The van der Waals surface area contributed by atoms with E-state index >= 15 is 0 Å². The van der Waals surface area contributed by atoms with Crippen molar-refractivity contribution in [3.63, 3.8) is 0 Å². The van der Waals surface area contributed by atoms with Crippen LogP contribution in [0.4, 0.5) is 4.39 Å². The van der Waals surface area contributed by atoms with Crippen molar-refractivity contribution >= 4 is 29.9 Å². The molecule has 0 amide bonds. The maximum Gasteiger partial charge on any atom is 0.191 e. The second-order valence-corrected chi connectivity index (χ2v) is 7.02. The zero-order chi connectivity index (χ0) is 19.8. The third kappa shape index (κ3) is 7.24. The number of hydrogen-bond donors (Lipinski definition) is 2. The Morgan fingerprint density at radius 1 is 1.07 bits per heavy atom. The molecule has 0 aromatic heterocycles. The van der Waals surface area contributed by atoms with E-state index in [2.05, 4.69) is 44.8 Å². The first-order valence-electron chi connectivity index (χ1n) is 9.72. The molecule has 1 heterocycles. The first kappa shape index (κ1) is 23.6. The predicted molar refractivity (Wildman–Crippen MR) is 126 cm³/mol. The second kappa shape index (κ2) is 12.1. The number of guanidine groups is 1. The van der Waals surface area contributed by atoms with Gasteiger partial charge in [-0.25, -0.2) is 4.39 Å². The van der Waals surface area contributed by atoms with E-state index in [4.69, 9.17) is 4.74 Å². The van der Waals surface area contributed by atoms with Crippen molar-refractivity contribution in [1.82, 2.24) is 15.5 Å². The first-order valence-corrected chi connectivity index (χ1v) is 9.72. The van der Waals surface area contributed by atoms with Crippen LogP contribution in [0.2, 0.25) is 0 Å². The Morgan fingerprint density at radius 3 is 2.45 bits per heavy atom. The van der Waals surface area contributed by atoms with Gasteiger partial charge in [0.15, 0.2) is 5.96 Å². The fourth-order valence-corrected chi connectivity index (χ4v) is 3.22. The quantitative estimate of drug-likeness (QED) is 0.354. The van der Waals surface area contributed by atoms with Crippen molar-refractivity contribution in [3.8, 4) is 0 Å². The molecule has 1 fully saturated rings. The summed E-state index contributed by atoms with van der Waals surface area (Å²) in [5.41, 5.74) is 4.10. The average Bonchev–Trinajstić information content (AvgIpc) is 2.72. The molecule has 1 saturated heterocycles. The molecular weight excluding hydrogens is 482 g/mol. The molecule has 29 heavy (non-hydrogen) atoms. The highest BCUT2D eigenvalue weighted by Gasteiger charge is 2.12. The largest absolute Gasteiger partial charge is 0.379 e. The van der Waals surface area contributed by atoms with E-state index in [1.54, 1.807) is 26.1 Å². The summed E-state index contributed by atoms with van der Waals surface area (Å²) >= 11 is 0. The first-order chi connectivity index (χ1) is 13.7. The summed E-state index contributed by atoms with van der Waals surface area (Å²) in [6, 6.07) is 13.8. The van der Waals surface area contributed by atoms with E-state index < -0.39 is 0 Å². The number of nitrogens with zero attached hydrogens (tertiary/aromatic N) is 2. The third-order valence-corrected chi connectivity index (χ3v) is 4.98. The van der Waals surface area contributed by atoms with Crippen molar-refractivity contribution < 1.29 is 9.13 Å². The lowest BCUT2D eigenvalue weighted by atomic mass is 10.1. The smallest absolute Gasteiger partial charge is 0.191 e. The molecule has 0 spiro atoms. The van der Waals surface area contributed by atoms with Gasteiger partial charge in [-0.15, -0.1) is 24.0 Å². The SMILES string of the molecule is CN=C(NCc1ccc(C)c(F)c1)NCc1ccccc1CN1CCOCC1.I. The summed E-state index contributed by atoms with van der Waals surface area (Å²) in [4.78, 5) is 6.70. The molecule has 0 aliphatic carbocycles. The monoisotopic (exact) mass is 512 g/mol. The molecule has 2 aromatic carbocycles. The van der Waals surface area contributed by atoms with Gasteiger partial charge in [0.05, 0.1) is 13.2 Å². The van der Waals surface area contributed by atoms with Crippen LogP contribution in [0.25, 0.3) is 0 Å². The molecule has 2 N–H and O–H groups in total. The molecule has 1 aliphatic heterocycles. The molecule has 0 unspecified atom stereocenters. The normalized spacial score (nSPS) is 14.9. The molecule has 158 valence electrons. The van der Waals surface area contributed by atoms with Gasteiger partial charge in [-0.3, -0.25) is 9.89 Å². The van der Waals surface area contributed by atoms with Gasteiger partial charge in [-0.05, 0) is 35.2 Å². The minimum absolute atomic E-state index is 0.